The molecular formula is C41H55N5O2. The van der Waals surface area contributed by atoms with Crippen LogP contribution in [0, 0.1) is 11.3 Å². The number of unbranched alkanes of at least 4 members (excludes halogenated alkanes) is 9. The van der Waals surface area contributed by atoms with Crippen LogP contribution >= 0.6 is 0 Å². The number of benzene rings is 3. The molecule has 256 valence electrons. The SMILES string of the molecule is CN(CCCCCCCCCCCCN1CCC(C(C(N)=O)(c2ccccc2)c2ccccc2)C1)CCN1C(=N)c2ccccc2C1=O. The minimum Gasteiger partial charge on any atom is -0.369 e. The van der Waals surface area contributed by atoms with E-state index in [1.165, 1.54) is 64.2 Å². The van der Waals surface area contributed by atoms with Crippen molar-refractivity contribution in [3.8, 4) is 0 Å². The number of amides is 2. The number of fused-ring (bicyclic) bond motifs is 1. The van der Waals surface area contributed by atoms with Crippen LogP contribution < -0.4 is 5.73 Å². The first kappa shape index (κ1) is 35.5. The molecule has 0 spiro atoms. The second-order valence-corrected chi connectivity index (χ2v) is 13.9. The number of nitrogens with zero attached hydrogens (tertiary/aromatic N) is 3. The summed E-state index contributed by atoms with van der Waals surface area (Å²) in [6.07, 6.45) is 13.7. The minimum absolute atomic E-state index is 0.0416. The Morgan fingerprint density at radius 1 is 0.750 bits per heavy atom. The van der Waals surface area contributed by atoms with Gasteiger partial charge in [-0.25, -0.2) is 0 Å². The van der Waals surface area contributed by atoms with Gasteiger partial charge in [0, 0.05) is 25.2 Å². The van der Waals surface area contributed by atoms with E-state index in [1.54, 1.807) is 4.90 Å². The topological polar surface area (TPSA) is 93.7 Å². The largest absolute Gasteiger partial charge is 0.369 e. The number of nitrogens with two attached hydrogens (primary N) is 1. The van der Waals surface area contributed by atoms with Crippen LogP contribution in [0.4, 0.5) is 0 Å². The van der Waals surface area contributed by atoms with E-state index in [-0.39, 0.29) is 17.7 Å². The van der Waals surface area contributed by atoms with Crippen molar-refractivity contribution in [2.24, 2.45) is 11.7 Å². The third kappa shape index (κ3) is 8.42. The van der Waals surface area contributed by atoms with E-state index in [0.717, 1.165) is 55.8 Å². The van der Waals surface area contributed by atoms with Crippen molar-refractivity contribution < 1.29 is 9.59 Å². The average molecular weight is 650 g/mol. The first-order valence-electron chi connectivity index (χ1n) is 18.2. The Hall–Kier alpha value is -3.81. The predicted octanol–water partition coefficient (Wildman–Crippen LogP) is 7.09. The van der Waals surface area contributed by atoms with Gasteiger partial charge in [-0.15, -0.1) is 0 Å². The van der Waals surface area contributed by atoms with Crippen molar-refractivity contribution in [1.29, 1.82) is 5.41 Å². The molecule has 0 radical (unpaired) electrons. The van der Waals surface area contributed by atoms with Crippen LogP contribution in [0.3, 0.4) is 0 Å². The van der Waals surface area contributed by atoms with Crippen LogP contribution in [0.2, 0.25) is 0 Å². The highest BCUT2D eigenvalue weighted by Crippen LogP contribution is 2.43. The van der Waals surface area contributed by atoms with Crippen molar-refractivity contribution >= 4 is 17.6 Å². The van der Waals surface area contributed by atoms with Crippen LogP contribution in [0.25, 0.3) is 0 Å². The fourth-order valence-electron chi connectivity index (χ4n) is 7.91. The summed E-state index contributed by atoms with van der Waals surface area (Å²) in [4.78, 5) is 32.4. The first-order chi connectivity index (χ1) is 23.4. The highest BCUT2D eigenvalue weighted by atomic mass is 16.2. The molecule has 3 N–H and O–H groups in total. The monoisotopic (exact) mass is 649 g/mol. The fraction of sp³-hybridized carbons (Fsp3) is 0.488. The lowest BCUT2D eigenvalue weighted by atomic mass is 9.64. The number of primary amides is 1. The molecule has 1 unspecified atom stereocenters. The van der Waals surface area contributed by atoms with Gasteiger partial charge in [-0.05, 0) is 69.1 Å². The third-order valence-electron chi connectivity index (χ3n) is 10.6. The zero-order valence-electron chi connectivity index (χ0n) is 28.9. The molecule has 5 rings (SSSR count). The smallest absolute Gasteiger partial charge is 0.260 e. The van der Waals surface area contributed by atoms with Crippen LogP contribution in [0.5, 0.6) is 0 Å². The normalized spacial score (nSPS) is 16.6. The predicted molar refractivity (Wildman–Crippen MR) is 195 cm³/mol. The van der Waals surface area contributed by atoms with Crippen molar-refractivity contribution in [3.63, 3.8) is 0 Å². The van der Waals surface area contributed by atoms with E-state index in [2.05, 4.69) is 41.1 Å². The van der Waals surface area contributed by atoms with E-state index in [4.69, 9.17) is 11.1 Å². The number of nitrogens with one attached hydrogen (secondary N) is 1. The summed E-state index contributed by atoms with van der Waals surface area (Å²) in [5, 5.41) is 8.35. The lowest BCUT2D eigenvalue weighted by Gasteiger charge is -2.37. The Morgan fingerprint density at radius 2 is 1.27 bits per heavy atom. The molecule has 0 aromatic heterocycles. The lowest BCUT2D eigenvalue weighted by Crippen LogP contribution is -2.49. The molecule has 0 saturated carbocycles. The lowest BCUT2D eigenvalue weighted by molar-refractivity contribution is -0.123. The van der Waals surface area contributed by atoms with E-state index in [1.807, 2.05) is 60.7 Å². The van der Waals surface area contributed by atoms with Crippen molar-refractivity contribution in [1.82, 2.24) is 14.7 Å². The Morgan fingerprint density at radius 3 is 1.83 bits per heavy atom. The van der Waals surface area contributed by atoms with E-state index in [9.17, 15) is 9.59 Å². The maximum absolute atomic E-state index is 13.3. The van der Waals surface area contributed by atoms with Gasteiger partial charge in [-0.3, -0.25) is 19.9 Å². The fourth-order valence-corrected chi connectivity index (χ4v) is 7.91. The number of hydrogen-bond acceptors (Lipinski definition) is 5. The Kier molecular flexibility index (Phi) is 13.0. The van der Waals surface area contributed by atoms with Gasteiger partial charge in [0.25, 0.3) is 5.91 Å². The van der Waals surface area contributed by atoms with Crippen LogP contribution in [-0.4, -0.2) is 78.7 Å². The number of carbonyl (C=O) groups excluding carboxylic acids is 2. The first-order valence-corrected chi connectivity index (χ1v) is 18.2. The summed E-state index contributed by atoms with van der Waals surface area (Å²) in [7, 11) is 2.11. The van der Waals surface area contributed by atoms with E-state index in [0.29, 0.717) is 17.9 Å². The van der Waals surface area contributed by atoms with Gasteiger partial charge in [-0.2, -0.15) is 0 Å². The van der Waals surface area contributed by atoms with Crippen LogP contribution in [-0.2, 0) is 10.2 Å². The zero-order valence-corrected chi connectivity index (χ0v) is 28.9. The van der Waals surface area contributed by atoms with Gasteiger partial charge in [0.15, 0.2) is 0 Å². The quantitative estimate of drug-likeness (QED) is 0.128. The number of amidine groups is 1. The standard InChI is InChI=1S/C41H55N5O2/c1-44(30-31-46-38(42)36-24-16-17-25-37(36)39(46)47)27-18-8-6-4-2-3-5-7-9-19-28-45-29-26-35(32-45)41(40(43)48,33-20-12-10-13-21-33)34-22-14-11-15-23-34/h10-17,20-25,35,42H,2-9,18-19,26-32H2,1H3,(H2,43,48). The van der Waals surface area contributed by atoms with Gasteiger partial charge >= 0.3 is 0 Å². The minimum atomic E-state index is -0.804. The van der Waals surface area contributed by atoms with Crippen molar-refractivity contribution in [2.75, 3.05) is 46.3 Å². The molecular weight excluding hydrogens is 594 g/mol. The molecule has 1 saturated heterocycles. The second kappa shape index (κ2) is 17.5. The van der Waals surface area contributed by atoms with Gasteiger partial charge in [0.05, 0.1) is 5.56 Å². The summed E-state index contributed by atoms with van der Waals surface area (Å²) in [6.45, 7) is 5.40. The number of hydrogen-bond donors (Lipinski definition) is 2. The Labute approximate surface area is 288 Å². The molecule has 0 bridgehead atoms. The van der Waals surface area contributed by atoms with Gasteiger partial charge in [0.2, 0.25) is 5.91 Å². The van der Waals surface area contributed by atoms with Crippen molar-refractivity contribution in [3.05, 3.63) is 107 Å². The average Bonchev–Trinajstić information content (AvgIpc) is 3.67. The number of likely N-dealkylation sites (N-methyl/N-ethyl adjacent to an activating group) is 1. The molecule has 7 nitrogen and oxygen atoms in total. The molecule has 1 atom stereocenters. The summed E-state index contributed by atoms with van der Waals surface area (Å²) >= 11 is 0. The van der Waals surface area contributed by atoms with Crippen LogP contribution in [0.15, 0.2) is 84.9 Å². The molecule has 0 aliphatic carbocycles. The molecule has 3 aromatic rings. The molecule has 2 heterocycles. The Bertz CT molecular complexity index is 1400. The molecule has 2 aliphatic rings. The zero-order chi connectivity index (χ0) is 33.8. The highest BCUT2D eigenvalue weighted by molar-refractivity contribution is 6.22. The summed E-state index contributed by atoms with van der Waals surface area (Å²) in [5.41, 5.74) is 8.86. The summed E-state index contributed by atoms with van der Waals surface area (Å²) in [6, 6.07) is 27.7. The number of likely N-dealkylation sites (tertiary alicyclic amines) is 1. The van der Waals surface area contributed by atoms with E-state index < -0.39 is 5.41 Å². The third-order valence-corrected chi connectivity index (χ3v) is 10.6. The maximum atomic E-state index is 13.3. The number of rotatable bonds is 20. The summed E-state index contributed by atoms with van der Waals surface area (Å²) < 4.78 is 0. The molecule has 3 aromatic carbocycles. The summed E-state index contributed by atoms with van der Waals surface area (Å²) in [5.74, 6) is 0.204. The second-order valence-electron chi connectivity index (χ2n) is 13.9. The van der Waals surface area contributed by atoms with E-state index >= 15 is 0 Å². The van der Waals surface area contributed by atoms with Gasteiger partial charge in [-0.1, -0.05) is 130 Å². The molecule has 2 aliphatic heterocycles. The van der Waals surface area contributed by atoms with Gasteiger partial charge < -0.3 is 15.5 Å². The molecule has 7 heteroatoms. The molecule has 2 amide bonds. The van der Waals surface area contributed by atoms with Crippen molar-refractivity contribution in [2.45, 2.75) is 76.0 Å². The molecule has 48 heavy (non-hydrogen) atoms. The Balaban J connectivity index is 0.904. The van der Waals surface area contributed by atoms with Crippen LogP contribution in [0.1, 0.15) is 97.7 Å². The maximum Gasteiger partial charge on any atom is 0.260 e. The molecule has 1 fully saturated rings. The highest BCUT2D eigenvalue weighted by Gasteiger charge is 2.49. The van der Waals surface area contributed by atoms with Gasteiger partial charge in [0.1, 0.15) is 11.3 Å². The number of carbonyl (C=O) groups is 2.